The van der Waals surface area contributed by atoms with Gasteiger partial charge in [0.15, 0.2) is 0 Å². The van der Waals surface area contributed by atoms with Gasteiger partial charge in [-0.05, 0) is 80.9 Å². The summed E-state index contributed by atoms with van der Waals surface area (Å²) in [7, 11) is 0. The lowest BCUT2D eigenvalue weighted by atomic mass is 9.56. The fraction of sp³-hybridized carbons (Fsp3) is 0.632. The monoisotopic (exact) mass is 349 g/mol. The van der Waals surface area contributed by atoms with Gasteiger partial charge >= 0.3 is 0 Å². The van der Waals surface area contributed by atoms with E-state index in [1.165, 1.54) is 38.5 Å². The van der Waals surface area contributed by atoms with Gasteiger partial charge in [-0.3, -0.25) is 4.79 Å². The van der Waals surface area contributed by atoms with Crippen LogP contribution < -0.4 is 5.32 Å². The normalized spacial score (nSPS) is 34.6. The lowest BCUT2D eigenvalue weighted by Gasteiger charge is -2.56. The van der Waals surface area contributed by atoms with E-state index in [0.717, 1.165) is 29.0 Å². The summed E-state index contributed by atoms with van der Waals surface area (Å²) in [5.41, 5.74) is 1.79. The Morgan fingerprint density at radius 1 is 1.22 bits per heavy atom. The van der Waals surface area contributed by atoms with E-state index in [1.54, 1.807) is 0 Å². The molecule has 0 spiro atoms. The summed E-state index contributed by atoms with van der Waals surface area (Å²) in [6, 6.07) is 5.67. The van der Waals surface area contributed by atoms with Crippen LogP contribution in [0.2, 0.25) is 5.02 Å². The van der Waals surface area contributed by atoms with E-state index in [-0.39, 0.29) is 5.91 Å². The second kappa shape index (κ2) is 6.00. The zero-order chi connectivity index (χ0) is 16.0. The van der Waals surface area contributed by atoms with Crippen LogP contribution in [-0.4, -0.2) is 16.4 Å². The number of carbonyl (C=O) groups excluding carboxylic acids is 1. The molecule has 4 bridgehead atoms. The zero-order valence-electron chi connectivity index (χ0n) is 13.6. The Balaban J connectivity index is 1.37. The van der Waals surface area contributed by atoms with Crippen LogP contribution >= 0.6 is 23.4 Å². The minimum absolute atomic E-state index is 0.108. The fourth-order valence-electron chi connectivity index (χ4n) is 5.36. The van der Waals surface area contributed by atoms with Crippen molar-refractivity contribution in [2.45, 2.75) is 50.2 Å². The summed E-state index contributed by atoms with van der Waals surface area (Å²) in [6.07, 6.45) is 8.38. The lowest BCUT2D eigenvalue weighted by molar-refractivity contribution is -0.113. The van der Waals surface area contributed by atoms with Gasteiger partial charge in [-0.1, -0.05) is 17.7 Å². The highest BCUT2D eigenvalue weighted by atomic mass is 35.5. The maximum absolute atomic E-state index is 12.4. The first-order chi connectivity index (χ1) is 11.0. The van der Waals surface area contributed by atoms with E-state index >= 15 is 0 Å². The number of hydrogen-bond donors (Lipinski definition) is 1. The average molecular weight is 350 g/mol. The molecule has 0 radical (unpaired) electrons. The molecular formula is C19H24ClNOS. The van der Waals surface area contributed by atoms with Crippen LogP contribution in [0, 0.1) is 24.7 Å². The Hall–Kier alpha value is -0.670. The maximum atomic E-state index is 12.4. The van der Waals surface area contributed by atoms with Gasteiger partial charge in [0.2, 0.25) is 5.91 Å². The Morgan fingerprint density at radius 2 is 1.83 bits per heavy atom. The number of carbonyl (C=O) groups is 1. The van der Waals surface area contributed by atoms with Crippen LogP contribution in [0.4, 0.5) is 5.69 Å². The van der Waals surface area contributed by atoms with E-state index in [2.05, 4.69) is 5.32 Å². The lowest BCUT2D eigenvalue weighted by Crippen LogP contribution is -2.49. The molecule has 4 aliphatic rings. The molecule has 0 aliphatic heterocycles. The quantitative estimate of drug-likeness (QED) is 0.800. The van der Waals surface area contributed by atoms with Crippen molar-refractivity contribution in [3.63, 3.8) is 0 Å². The smallest absolute Gasteiger partial charge is 0.234 e. The number of hydrogen-bond acceptors (Lipinski definition) is 2. The first-order valence-corrected chi connectivity index (χ1v) is 10.1. The molecule has 0 saturated heterocycles. The summed E-state index contributed by atoms with van der Waals surface area (Å²) in [5.74, 6) is 3.49. The fourth-order valence-corrected chi connectivity index (χ4v) is 7.10. The van der Waals surface area contributed by atoms with Crippen LogP contribution in [0.3, 0.4) is 0 Å². The highest BCUT2D eigenvalue weighted by molar-refractivity contribution is 8.01. The van der Waals surface area contributed by atoms with Crippen LogP contribution in [-0.2, 0) is 4.79 Å². The van der Waals surface area contributed by atoms with Gasteiger partial charge in [-0.25, -0.2) is 0 Å². The number of nitrogens with one attached hydrogen (secondary N) is 1. The molecule has 1 amide bonds. The van der Waals surface area contributed by atoms with Crippen molar-refractivity contribution in [1.82, 2.24) is 0 Å². The maximum Gasteiger partial charge on any atom is 0.234 e. The van der Waals surface area contributed by atoms with Crippen molar-refractivity contribution in [2.24, 2.45) is 17.8 Å². The van der Waals surface area contributed by atoms with Gasteiger partial charge in [0.05, 0.1) is 5.75 Å². The summed E-state index contributed by atoms with van der Waals surface area (Å²) in [5, 5.41) is 3.74. The van der Waals surface area contributed by atoms with Crippen LogP contribution in [0.15, 0.2) is 18.2 Å². The molecule has 23 heavy (non-hydrogen) atoms. The van der Waals surface area contributed by atoms with Gasteiger partial charge in [0, 0.05) is 15.5 Å². The topological polar surface area (TPSA) is 29.1 Å². The first kappa shape index (κ1) is 15.8. The molecule has 5 rings (SSSR count). The Bertz CT molecular complexity index is 595. The minimum Gasteiger partial charge on any atom is -0.325 e. The molecule has 1 aromatic carbocycles. The second-order valence-corrected chi connectivity index (χ2v) is 9.70. The largest absolute Gasteiger partial charge is 0.325 e. The van der Waals surface area contributed by atoms with Crippen molar-refractivity contribution < 1.29 is 4.79 Å². The van der Waals surface area contributed by atoms with Crippen LogP contribution in [0.1, 0.15) is 44.1 Å². The average Bonchev–Trinajstić information content (AvgIpc) is 2.49. The Morgan fingerprint density at radius 3 is 2.43 bits per heavy atom. The van der Waals surface area contributed by atoms with Crippen molar-refractivity contribution in [2.75, 3.05) is 11.1 Å². The number of benzene rings is 1. The van der Waals surface area contributed by atoms with Crippen molar-refractivity contribution >= 4 is 35.0 Å². The summed E-state index contributed by atoms with van der Waals surface area (Å²) in [6.45, 7) is 1.95. The molecule has 1 aromatic rings. The third-order valence-corrected chi connectivity index (χ3v) is 7.96. The van der Waals surface area contributed by atoms with Gasteiger partial charge in [-0.15, -0.1) is 11.8 Å². The zero-order valence-corrected chi connectivity index (χ0v) is 15.2. The van der Waals surface area contributed by atoms with Crippen molar-refractivity contribution in [1.29, 1.82) is 0 Å². The molecule has 1 N–H and O–H groups in total. The standard InChI is InChI=1S/C19H24ClNOS/c1-12-16(20)3-2-4-17(12)21-18(22)11-23-19-8-13-5-14(9-19)7-15(6-13)10-19/h2-4,13-15H,5-11H2,1H3,(H,21,22). The Kier molecular flexibility index (Phi) is 4.13. The van der Waals surface area contributed by atoms with Gasteiger partial charge in [-0.2, -0.15) is 0 Å². The van der Waals surface area contributed by atoms with E-state index in [9.17, 15) is 4.79 Å². The number of thioether (sulfide) groups is 1. The highest BCUT2D eigenvalue weighted by Gasteiger charge is 2.51. The van der Waals surface area contributed by atoms with Gasteiger partial charge in [0.1, 0.15) is 0 Å². The summed E-state index contributed by atoms with van der Waals surface area (Å²) < 4.78 is 0.398. The highest BCUT2D eigenvalue weighted by Crippen LogP contribution is 2.60. The molecule has 4 aliphatic carbocycles. The summed E-state index contributed by atoms with van der Waals surface area (Å²) >= 11 is 8.06. The molecule has 124 valence electrons. The molecule has 0 atom stereocenters. The molecule has 0 unspecified atom stereocenters. The first-order valence-electron chi connectivity index (χ1n) is 8.72. The van der Waals surface area contributed by atoms with Crippen LogP contribution in [0.5, 0.6) is 0 Å². The van der Waals surface area contributed by atoms with Crippen molar-refractivity contribution in [3.8, 4) is 0 Å². The number of amides is 1. The predicted octanol–water partition coefficient (Wildman–Crippen LogP) is 5.29. The molecular weight excluding hydrogens is 326 g/mol. The molecule has 0 aromatic heterocycles. The van der Waals surface area contributed by atoms with Crippen LogP contribution in [0.25, 0.3) is 0 Å². The van der Waals surface area contributed by atoms with Gasteiger partial charge in [0.25, 0.3) is 0 Å². The minimum atomic E-state index is 0.108. The van der Waals surface area contributed by atoms with E-state index in [0.29, 0.717) is 15.5 Å². The van der Waals surface area contributed by atoms with E-state index in [4.69, 9.17) is 11.6 Å². The summed E-state index contributed by atoms with van der Waals surface area (Å²) in [4.78, 5) is 12.4. The molecule has 2 nitrogen and oxygen atoms in total. The molecule has 0 heterocycles. The molecule has 4 heteroatoms. The number of anilines is 1. The van der Waals surface area contributed by atoms with Gasteiger partial charge < -0.3 is 5.32 Å². The predicted molar refractivity (Wildman–Crippen MR) is 98.2 cm³/mol. The van der Waals surface area contributed by atoms with Crippen molar-refractivity contribution in [3.05, 3.63) is 28.8 Å². The van der Waals surface area contributed by atoms with E-state index < -0.39 is 0 Å². The third-order valence-electron chi connectivity index (χ3n) is 6.03. The number of halogens is 1. The van der Waals surface area contributed by atoms with E-state index in [1.807, 2.05) is 36.9 Å². The SMILES string of the molecule is Cc1c(Cl)cccc1NC(=O)CSC12CC3CC(CC(C3)C1)C2. The third kappa shape index (κ3) is 3.15. The second-order valence-electron chi connectivity index (χ2n) is 7.85. The Labute approximate surface area is 147 Å². The molecule has 4 saturated carbocycles. The molecule has 4 fully saturated rings. The number of rotatable bonds is 4.